The number of ether oxygens (including phenoxy) is 1. The molecule has 0 aliphatic carbocycles. The van der Waals surface area contributed by atoms with E-state index in [1.54, 1.807) is 0 Å². The molecule has 118 valence electrons. The molecular weight excluding hydrogens is 298 g/mol. The van der Waals surface area contributed by atoms with Gasteiger partial charge in [-0.05, 0) is 47.9 Å². The van der Waals surface area contributed by atoms with Crippen molar-refractivity contribution in [1.29, 1.82) is 0 Å². The summed E-state index contributed by atoms with van der Waals surface area (Å²) in [7, 11) is 0. The van der Waals surface area contributed by atoms with Crippen LogP contribution in [0.1, 0.15) is 29.2 Å². The topological polar surface area (TPSA) is 58.6 Å². The predicted octanol–water partition coefficient (Wildman–Crippen LogP) is 2.98. The van der Waals surface area contributed by atoms with Gasteiger partial charge in [-0.25, -0.2) is 0 Å². The lowest BCUT2D eigenvalue weighted by Gasteiger charge is -2.12. The molecule has 1 heterocycles. The minimum absolute atomic E-state index is 0.126. The van der Waals surface area contributed by atoms with Crippen molar-refractivity contribution in [3.05, 3.63) is 51.7 Å². The number of amides is 1. The van der Waals surface area contributed by atoms with Crippen molar-refractivity contribution in [2.75, 3.05) is 13.2 Å². The molecule has 0 radical (unpaired) electrons. The minimum atomic E-state index is -0.657. The van der Waals surface area contributed by atoms with Gasteiger partial charge in [-0.15, -0.1) is 0 Å². The Bertz CT molecular complexity index is 610. The number of carbonyl (C=O) groups excluding carboxylic acids is 1. The van der Waals surface area contributed by atoms with Gasteiger partial charge in [0.25, 0.3) is 0 Å². The first-order valence-electron chi connectivity index (χ1n) is 7.23. The lowest BCUT2D eigenvalue weighted by atomic mass is 10.1. The molecule has 0 saturated carbocycles. The van der Waals surface area contributed by atoms with Crippen LogP contribution in [0.5, 0.6) is 5.75 Å². The standard InChI is InChI=1S/C17H21NO3S/c1-12-3-4-16(13(2)9-12)21-7-5-17(20)18-10-15(19)14-6-8-22-11-14/h3-4,6,8-9,11,15,19H,5,7,10H2,1-2H3,(H,18,20). The van der Waals surface area contributed by atoms with E-state index < -0.39 is 6.10 Å². The fourth-order valence-corrected chi connectivity index (χ4v) is 2.80. The Morgan fingerprint density at radius 3 is 2.86 bits per heavy atom. The summed E-state index contributed by atoms with van der Waals surface area (Å²) >= 11 is 1.52. The average molecular weight is 319 g/mol. The highest BCUT2D eigenvalue weighted by Crippen LogP contribution is 2.19. The molecule has 0 spiro atoms. The van der Waals surface area contributed by atoms with Crippen molar-refractivity contribution in [2.45, 2.75) is 26.4 Å². The summed E-state index contributed by atoms with van der Waals surface area (Å²) in [6.45, 7) is 4.56. The van der Waals surface area contributed by atoms with Gasteiger partial charge in [-0.1, -0.05) is 17.7 Å². The molecule has 0 aliphatic heterocycles. The van der Waals surface area contributed by atoms with Crippen LogP contribution in [-0.4, -0.2) is 24.2 Å². The van der Waals surface area contributed by atoms with E-state index in [1.165, 1.54) is 16.9 Å². The number of aliphatic hydroxyl groups excluding tert-OH is 1. The van der Waals surface area contributed by atoms with Gasteiger partial charge in [0.1, 0.15) is 5.75 Å². The van der Waals surface area contributed by atoms with Gasteiger partial charge in [0.05, 0.1) is 19.1 Å². The van der Waals surface area contributed by atoms with Crippen LogP contribution in [0.25, 0.3) is 0 Å². The maximum atomic E-state index is 11.7. The zero-order valence-electron chi connectivity index (χ0n) is 12.8. The second-order valence-corrected chi connectivity index (χ2v) is 6.02. The smallest absolute Gasteiger partial charge is 0.223 e. The fourth-order valence-electron chi connectivity index (χ4n) is 2.10. The number of thiophene rings is 1. The first-order chi connectivity index (χ1) is 10.6. The van der Waals surface area contributed by atoms with Crippen LogP contribution in [0, 0.1) is 13.8 Å². The number of aliphatic hydroxyl groups is 1. The molecule has 5 heteroatoms. The van der Waals surface area contributed by atoms with E-state index in [4.69, 9.17) is 4.74 Å². The monoisotopic (exact) mass is 319 g/mol. The number of nitrogens with one attached hydrogen (secondary N) is 1. The van der Waals surface area contributed by atoms with Crippen LogP contribution < -0.4 is 10.1 Å². The first kappa shape index (κ1) is 16.5. The van der Waals surface area contributed by atoms with E-state index in [1.807, 2.05) is 48.9 Å². The van der Waals surface area contributed by atoms with E-state index in [-0.39, 0.29) is 18.9 Å². The third-order valence-electron chi connectivity index (χ3n) is 3.34. The van der Waals surface area contributed by atoms with Crippen molar-refractivity contribution in [3.8, 4) is 5.75 Å². The Kier molecular flexibility index (Phi) is 5.98. The van der Waals surface area contributed by atoms with Gasteiger partial charge in [0.15, 0.2) is 0 Å². The highest BCUT2D eigenvalue weighted by molar-refractivity contribution is 7.07. The highest BCUT2D eigenvalue weighted by Gasteiger charge is 2.10. The Morgan fingerprint density at radius 1 is 1.36 bits per heavy atom. The van der Waals surface area contributed by atoms with Crippen LogP contribution in [0.2, 0.25) is 0 Å². The molecule has 0 fully saturated rings. The average Bonchev–Trinajstić information content (AvgIpc) is 3.01. The van der Waals surface area contributed by atoms with E-state index >= 15 is 0 Å². The van der Waals surface area contributed by atoms with Crippen LogP contribution in [-0.2, 0) is 4.79 Å². The van der Waals surface area contributed by atoms with Crippen molar-refractivity contribution >= 4 is 17.2 Å². The quantitative estimate of drug-likeness (QED) is 0.825. The van der Waals surface area contributed by atoms with Gasteiger partial charge >= 0.3 is 0 Å². The number of benzene rings is 1. The summed E-state index contributed by atoms with van der Waals surface area (Å²) in [4.78, 5) is 11.7. The van der Waals surface area contributed by atoms with Gasteiger partial charge < -0.3 is 15.2 Å². The SMILES string of the molecule is Cc1ccc(OCCC(=O)NCC(O)c2ccsc2)c(C)c1. The molecule has 2 rings (SSSR count). The van der Waals surface area contributed by atoms with Crippen molar-refractivity contribution < 1.29 is 14.6 Å². The normalized spacial score (nSPS) is 12.0. The molecule has 0 bridgehead atoms. The molecule has 4 nitrogen and oxygen atoms in total. The minimum Gasteiger partial charge on any atom is -0.493 e. The fraction of sp³-hybridized carbons (Fsp3) is 0.353. The van der Waals surface area contributed by atoms with E-state index in [9.17, 15) is 9.90 Å². The van der Waals surface area contributed by atoms with Crippen molar-refractivity contribution in [1.82, 2.24) is 5.32 Å². The maximum absolute atomic E-state index is 11.7. The molecule has 1 atom stereocenters. The Labute approximate surface area is 134 Å². The summed E-state index contributed by atoms with van der Waals surface area (Å²) in [5.41, 5.74) is 3.08. The predicted molar refractivity (Wildman–Crippen MR) is 88.3 cm³/mol. The summed E-state index contributed by atoms with van der Waals surface area (Å²) in [5.74, 6) is 0.677. The van der Waals surface area contributed by atoms with Crippen LogP contribution in [0.4, 0.5) is 0 Å². The van der Waals surface area contributed by atoms with Gasteiger partial charge in [-0.3, -0.25) is 4.79 Å². The number of hydrogen-bond donors (Lipinski definition) is 2. The summed E-state index contributed by atoms with van der Waals surface area (Å²) in [6, 6.07) is 7.81. The Balaban J connectivity index is 1.69. The molecule has 0 saturated heterocycles. The second kappa shape index (κ2) is 7.96. The molecule has 2 N–H and O–H groups in total. The maximum Gasteiger partial charge on any atom is 0.223 e. The number of aryl methyl sites for hydroxylation is 2. The summed E-state index contributed by atoms with van der Waals surface area (Å²) in [6.07, 6.45) is -0.389. The molecule has 2 aromatic rings. The third kappa shape index (κ3) is 4.86. The third-order valence-corrected chi connectivity index (χ3v) is 4.04. The molecule has 1 amide bonds. The zero-order valence-corrected chi connectivity index (χ0v) is 13.7. The van der Waals surface area contributed by atoms with Crippen molar-refractivity contribution in [3.63, 3.8) is 0 Å². The van der Waals surface area contributed by atoms with Gasteiger partial charge in [0, 0.05) is 6.54 Å². The zero-order chi connectivity index (χ0) is 15.9. The second-order valence-electron chi connectivity index (χ2n) is 5.24. The van der Waals surface area contributed by atoms with Crippen molar-refractivity contribution in [2.24, 2.45) is 0 Å². The summed E-state index contributed by atoms with van der Waals surface area (Å²) in [5, 5.41) is 16.4. The van der Waals surface area contributed by atoms with E-state index in [0.717, 1.165) is 16.9 Å². The largest absolute Gasteiger partial charge is 0.493 e. The van der Waals surface area contributed by atoms with E-state index in [2.05, 4.69) is 5.32 Å². The molecule has 22 heavy (non-hydrogen) atoms. The van der Waals surface area contributed by atoms with Crippen LogP contribution in [0.3, 0.4) is 0 Å². The first-order valence-corrected chi connectivity index (χ1v) is 8.17. The molecule has 1 aromatic carbocycles. The number of hydrogen-bond acceptors (Lipinski definition) is 4. The summed E-state index contributed by atoms with van der Waals surface area (Å²) < 4.78 is 5.62. The van der Waals surface area contributed by atoms with Gasteiger partial charge in [0.2, 0.25) is 5.91 Å². The molecular formula is C17H21NO3S. The lowest BCUT2D eigenvalue weighted by Crippen LogP contribution is -2.29. The molecule has 0 aliphatic rings. The Morgan fingerprint density at radius 2 is 2.18 bits per heavy atom. The number of rotatable bonds is 7. The number of carbonyl (C=O) groups is 1. The highest BCUT2D eigenvalue weighted by atomic mass is 32.1. The Hall–Kier alpha value is -1.85. The van der Waals surface area contributed by atoms with Crippen LogP contribution in [0.15, 0.2) is 35.0 Å². The lowest BCUT2D eigenvalue weighted by molar-refractivity contribution is -0.122. The van der Waals surface area contributed by atoms with Gasteiger partial charge in [-0.2, -0.15) is 11.3 Å². The van der Waals surface area contributed by atoms with Crippen LogP contribution >= 0.6 is 11.3 Å². The molecule has 1 aromatic heterocycles. The molecule has 1 unspecified atom stereocenters. The van der Waals surface area contributed by atoms with E-state index in [0.29, 0.717) is 6.61 Å².